The third-order valence-electron chi connectivity index (χ3n) is 5.17. The molecule has 2 aliphatic rings. The lowest BCUT2D eigenvalue weighted by atomic mass is 9.73. The van der Waals surface area contributed by atoms with Gasteiger partial charge < -0.3 is 10.2 Å². The molecule has 1 saturated carbocycles. The average molecular weight is 306 g/mol. The van der Waals surface area contributed by atoms with Gasteiger partial charge >= 0.3 is 0 Å². The van der Waals surface area contributed by atoms with E-state index in [1.54, 1.807) is 0 Å². The van der Waals surface area contributed by atoms with Crippen molar-refractivity contribution in [3.05, 3.63) is 21.9 Å². The number of thiophene rings is 1. The van der Waals surface area contributed by atoms with Crippen molar-refractivity contribution in [1.82, 2.24) is 10.2 Å². The molecule has 3 nitrogen and oxygen atoms in total. The van der Waals surface area contributed by atoms with Crippen molar-refractivity contribution in [1.29, 1.82) is 0 Å². The van der Waals surface area contributed by atoms with Crippen LogP contribution in [0.2, 0.25) is 0 Å². The quantitative estimate of drug-likeness (QED) is 0.930. The number of carbonyl (C=O) groups is 1. The first-order valence-corrected chi connectivity index (χ1v) is 9.01. The van der Waals surface area contributed by atoms with Crippen LogP contribution in [0.15, 0.2) is 11.4 Å². The van der Waals surface area contributed by atoms with E-state index in [1.807, 2.05) is 16.2 Å². The number of fused-ring (bicyclic) bond motifs is 1. The lowest BCUT2D eigenvalue weighted by molar-refractivity contribution is -0.131. The predicted molar refractivity (Wildman–Crippen MR) is 87.5 cm³/mol. The molecule has 1 aliphatic heterocycles. The van der Waals surface area contributed by atoms with Crippen LogP contribution in [0.1, 0.15) is 50.0 Å². The van der Waals surface area contributed by atoms with Gasteiger partial charge in [-0.2, -0.15) is 0 Å². The van der Waals surface area contributed by atoms with E-state index in [0.29, 0.717) is 18.0 Å². The predicted octanol–water partition coefficient (Wildman–Crippen LogP) is 3.19. The van der Waals surface area contributed by atoms with Crippen LogP contribution < -0.4 is 5.32 Å². The van der Waals surface area contributed by atoms with Crippen LogP contribution in [0.5, 0.6) is 0 Å². The Balaban J connectivity index is 1.53. The Labute approximate surface area is 131 Å². The fourth-order valence-corrected chi connectivity index (χ4v) is 4.55. The van der Waals surface area contributed by atoms with Crippen molar-refractivity contribution < 1.29 is 4.79 Å². The maximum atomic E-state index is 12.5. The molecule has 0 aromatic carbocycles. The number of hydrogen-bond donors (Lipinski definition) is 1. The van der Waals surface area contributed by atoms with Crippen LogP contribution >= 0.6 is 11.3 Å². The average Bonchev–Trinajstić information content (AvgIpc) is 2.92. The van der Waals surface area contributed by atoms with Crippen molar-refractivity contribution in [3.63, 3.8) is 0 Å². The Hall–Kier alpha value is -0.870. The van der Waals surface area contributed by atoms with Crippen LogP contribution in [-0.4, -0.2) is 29.9 Å². The monoisotopic (exact) mass is 306 g/mol. The highest BCUT2D eigenvalue weighted by Crippen LogP contribution is 2.35. The van der Waals surface area contributed by atoms with E-state index in [4.69, 9.17) is 0 Å². The fourth-order valence-electron chi connectivity index (χ4n) is 3.66. The van der Waals surface area contributed by atoms with Gasteiger partial charge in [-0.1, -0.05) is 26.7 Å². The summed E-state index contributed by atoms with van der Waals surface area (Å²) in [7, 11) is 0. The highest BCUT2D eigenvalue weighted by molar-refractivity contribution is 7.10. The summed E-state index contributed by atoms with van der Waals surface area (Å²) in [6.07, 6.45) is 6.10. The molecule has 0 saturated heterocycles. The molecule has 0 bridgehead atoms. The van der Waals surface area contributed by atoms with E-state index >= 15 is 0 Å². The lowest BCUT2D eigenvalue weighted by Gasteiger charge is -2.39. The Kier molecular flexibility index (Phi) is 4.36. The minimum atomic E-state index is 0.258. The van der Waals surface area contributed by atoms with Crippen LogP contribution in [0, 0.1) is 5.41 Å². The summed E-state index contributed by atoms with van der Waals surface area (Å²) in [6.45, 7) is 6.82. The first-order valence-electron chi connectivity index (χ1n) is 8.13. The molecule has 0 spiro atoms. The van der Waals surface area contributed by atoms with Gasteiger partial charge in [0.25, 0.3) is 0 Å². The van der Waals surface area contributed by atoms with E-state index in [-0.39, 0.29) is 5.91 Å². The molecule has 1 aromatic heterocycles. The lowest BCUT2D eigenvalue weighted by Crippen LogP contribution is -2.49. The molecule has 1 unspecified atom stereocenters. The van der Waals surface area contributed by atoms with Gasteiger partial charge in [-0.3, -0.25) is 4.79 Å². The smallest absolute Gasteiger partial charge is 0.236 e. The molecule has 0 radical (unpaired) electrons. The molecular weight excluding hydrogens is 280 g/mol. The molecule has 1 aromatic rings. The zero-order valence-electron chi connectivity index (χ0n) is 13.2. The normalized spacial score (nSPS) is 24.7. The Morgan fingerprint density at radius 2 is 2.33 bits per heavy atom. The first-order chi connectivity index (χ1) is 10.1. The third kappa shape index (κ3) is 3.32. The highest BCUT2D eigenvalue weighted by Gasteiger charge is 2.32. The maximum absolute atomic E-state index is 12.5. The Morgan fingerprint density at radius 1 is 1.48 bits per heavy atom. The molecule has 1 amide bonds. The minimum Gasteiger partial charge on any atom is -0.337 e. The zero-order chi connectivity index (χ0) is 14.9. The summed E-state index contributed by atoms with van der Waals surface area (Å²) in [5.74, 6) is 0.258. The SMILES string of the molecule is CC1(C)CCCCC1NCC(=O)N1CCc2sccc2C1. The van der Waals surface area contributed by atoms with E-state index in [2.05, 4.69) is 30.6 Å². The molecule has 1 fully saturated rings. The topological polar surface area (TPSA) is 32.3 Å². The van der Waals surface area contributed by atoms with Crippen molar-refractivity contribution in [2.24, 2.45) is 5.41 Å². The standard InChI is InChI=1S/C17H26N2OS/c1-17(2)8-4-3-5-15(17)18-11-16(20)19-9-6-14-13(12-19)7-10-21-14/h7,10,15,18H,3-6,8-9,11-12H2,1-2H3. The largest absolute Gasteiger partial charge is 0.337 e. The van der Waals surface area contributed by atoms with Crippen molar-refractivity contribution in [2.45, 2.75) is 58.5 Å². The van der Waals surface area contributed by atoms with Gasteiger partial charge in [-0.05, 0) is 41.7 Å². The van der Waals surface area contributed by atoms with Gasteiger partial charge in [0, 0.05) is 24.0 Å². The summed E-state index contributed by atoms with van der Waals surface area (Å²) in [5.41, 5.74) is 1.67. The second-order valence-corrected chi connectivity index (χ2v) is 8.10. The van der Waals surface area contributed by atoms with Crippen molar-refractivity contribution in [3.8, 4) is 0 Å². The van der Waals surface area contributed by atoms with E-state index in [9.17, 15) is 4.79 Å². The van der Waals surface area contributed by atoms with E-state index in [1.165, 1.54) is 36.1 Å². The summed E-state index contributed by atoms with van der Waals surface area (Å²) in [6, 6.07) is 2.65. The number of amides is 1. The van der Waals surface area contributed by atoms with E-state index < -0.39 is 0 Å². The van der Waals surface area contributed by atoms with Gasteiger partial charge in [-0.15, -0.1) is 11.3 Å². The summed E-state index contributed by atoms with van der Waals surface area (Å²) in [4.78, 5) is 15.9. The molecular formula is C17H26N2OS. The number of rotatable bonds is 3. The Bertz CT molecular complexity index is 509. The van der Waals surface area contributed by atoms with Crippen LogP contribution in [0.25, 0.3) is 0 Å². The van der Waals surface area contributed by atoms with Crippen molar-refractivity contribution >= 4 is 17.2 Å². The highest BCUT2D eigenvalue weighted by atomic mass is 32.1. The van der Waals surface area contributed by atoms with Gasteiger partial charge in [0.05, 0.1) is 6.54 Å². The minimum absolute atomic E-state index is 0.258. The second kappa shape index (κ2) is 6.09. The zero-order valence-corrected chi connectivity index (χ0v) is 14.0. The molecule has 21 heavy (non-hydrogen) atoms. The van der Waals surface area contributed by atoms with E-state index in [0.717, 1.165) is 19.5 Å². The molecule has 1 N–H and O–H groups in total. The molecule has 116 valence electrons. The number of carbonyl (C=O) groups excluding carboxylic acids is 1. The summed E-state index contributed by atoms with van der Waals surface area (Å²) >= 11 is 1.82. The molecule has 4 heteroatoms. The summed E-state index contributed by atoms with van der Waals surface area (Å²) in [5, 5.41) is 5.68. The van der Waals surface area contributed by atoms with Crippen LogP contribution in [0.3, 0.4) is 0 Å². The van der Waals surface area contributed by atoms with Gasteiger partial charge in [-0.25, -0.2) is 0 Å². The molecule has 2 heterocycles. The number of hydrogen-bond acceptors (Lipinski definition) is 3. The number of nitrogens with zero attached hydrogens (tertiary/aromatic N) is 1. The third-order valence-corrected chi connectivity index (χ3v) is 6.19. The van der Waals surface area contributed by atoms with Crippen LogP contribution in [0.4, 0.5) is 0 Å². The van der Waals surface area contributed by atoms with Gasteiger partial charge in [0.1, 0.15) is 0 Å². The summed E-state index contributed by atoms with van der Waals surface area (Å²) < 4.78 is 0. The van der Waals surface area contributed by atoms with Crippen LogP contribution in [-0.2, 0) is 17.8 Å². The second-order valence-electron chi connectivity index (χ2n) is 7.10. The first kappa shape index (κ1) is 15.0. The number of nitrogens with one attached hydrogen (secondary N) is 1. The van der Waals surface area contributed by atoms with Gasteiger partial charge in [0.15, 0.2) is 0 Å². The molecule has 1 aliphatic carbocycles. The van der Waals surface area contributed by atoms with Crippen molar-refractivity contribution in [2.75, 3.05) is 13.1 Å². The Morgan fingerprint density at radius 3 is 3.14 bits per heavy atom. The fraction of sp³-hybridized carbons (Fsp3) is 0.706. The molecule has 1 atom stereocenters. The van der Waals surface area contributed by atoms with Gasteiger partial charge in [0.2, 0.25) is 5.91 Å². The maximum Gasteiger partial charge on any atom is 0.236 e. The molecule has 3 rings (SSSR count).